The summed E-state index contributed by atoms with van der Waals surface area (Å²) in [6.45, 7) is 11.2. The smallest absolute Gasteiger partial charge is 0.261 e. The molecule has 1 saturated heterocycles. The second kappa shape index (κ2) is 11.7. The number of rotatable bonds is 10. The first-order chi connectivity index (χ1) is 18.0. The number of ether oxygens (including phenoxy) is 3. The Bertz CT molecular complexity index is 1100. The maximum absolute atomic E-state index is 10.8. The molecule has 1 aliphatic heterocycles. The maximum Gasteiger partial charge on any atom is 0.261 e. The first-order valence-electron chi connectivity index (χ1n) is 13.4. The van der Waals surface area contributed by atoms with Crippen LogP contribution in [0.1, 0.15) is 46.6 Å². The van der Waals surface area contributed by atoms with Crippen molar-refractivity contribution in [3.05, 3.63) is 90.5 Å². The maximum atomic E-state index is 10.8. The number of benzene rings is 3. The molecule has 0 unspecified atom stereocenters. The summed E-state index contributed by atoms with van der Waals surface area (Å²) >= 11 is 0. The van der Waals surface area contributed by atoms with Crippen LogP contribution >= 0.6 is 0 Å². The van der Waals surface area contributed by atoms with E-state index in [1.54, 1.807) is 21.0 Å². The fraction of sp³-hybridized carbons (Fsp3) is 0.438. The quantitative estimate of drug-likeness (QED) is 0.368. The van der Waals surface area contributed by atoms with Gasteiger partial charge in [0.25, 0.3) is 8.32 Å². The molecule has 4 rings (SSSR count). The lowest BCUT2D eigenvalue weighted by atomic mass is 9.98. The Morgan fingerprint density at radius 2 is 1.39 bits per heavy atom. The molecule has 5 nitrogen and oxygen atoms in total. The van der Waals surface area contributed by atoms with Crippen molar-refractivity contribution in [1.29, 1.82) is 0 Å². The summed E-state index contributed by atoms with van der Waals surface area (Å²) in [4.78, 5) is 0. The highest BCUT2D eigenvalue weighted by Gasteiger charge is 2.52. The second-order valence-electron chi connectivity index (χ2n) is 11.7. The van der Waals surface area contributed by atoms with Gasteiger partial charge in [-0.1, -0.05) is 93.6 Å². The van der Waals surface area contributed by atoms with Gasteiger partial charge >= 0.3 is 0 Å². The van der Waals surface area contributed by atoms with Gasteiger partial charge in [0.2, 0.25) is 0 Å². The molecular formula is C32H42O5Si. The Kier molecular flexibility index (Phi) is 8.80. The molecule has 0 spiro atoms. The van der Waals surface area contributed by atoms with Crippen molar-refractivity contribution in [2.24, 2.45) is 0 Å². The van der Waals surface area contributed by atoms with Gasteiger partial charge in [0, 0.05) is 6.42 Å². The Morgan fingerprint density at radius 3 is 1.87 bits per heavy atom. The molecule has 3 aromatic carbocycles. The molecule has 1 fully saturated rings. The largest absolute Gasteiger partial charge is 0.497 e. The van der Waals surface area contributed by atoms with E-state index >= 15 is 0 Å². The fourth-order valence-electron chi connectivity index (χ4n) is 5.39. The molecule has 6 heteroatoms. The van der Waals surface area contributed by atoms with Crippen molar-refractivity contribution in [2.45, 2.75) is 76.6 Å². The van der Waals surface area contributed by atoms with E-state index in [0.717, 1.165) is 11.3 Å². The van der Waals surface area contributed by atoms with Crippen molar-refractivity contribution in [3.8, 4) is 5.75 Å². The Hall–Kier alpha value is -2.48. The minimum absolute atomic E-state index is 0.136. The van der Waals surface area contributed by atoms with Crippen LogP contribution < -0.4 is 15.1 Å². The molecule has 204 valence electrons. The molecule has 0 aliphatic carbocycles. The van der Waals surface area contributed by atoms with Crippen LogP contribution in [0.5, 0.6) is 5.75 Å². The normalized spacial score (nSPS) is 20.4. The van der Waals surface area contributed by atoms with Crippen molar-refractivity contribution in [1.82, 2.24) is 0 Å². The third-order valence-corrected chi connectivity index (χ3v) is 12.5. The van der Waals surface area contributed by atoms with Crippen LogP contribution in [0.3, 0.4) is 0 Å². The van der Waals surface area contributed by atoms with Gasteiger partial charge in [-0.05, 0) is 47.0 Å². The fourth-order valence-corrected chi connectivity index (χ4v) is 9.96. The SMILES string of the molecule is COc1ccc(CO[C@H]2C[C@@H](C(C)(C)O)O[C@@H]2CO[Si](c2ccccc2)(c2ccccc2)C(C)(C)C)cc1. The number of hydrogen-bond donors (Lipinski definition) is 1. The predicted octanol–water partition coefficient (Wildman–Crippen LogP) is 5.09. The zero-order chi connectivity index (χ0) is 27.4. The van der Waals surface area contributed by atoms with E-state index in [0.29, 0.717) is 19.6 Å². The lowest BCUT2D eigenvalue weighted by Gasteiger charge is -2.43. The number of methoxy groups -OCH3 is 1. The first-order valence-corrected chi connectivity index (χ1v) is 15.3. The van der Waals surface area contributed by atoms with Crippen LogP contribution in [0, 0.1) is 0 Å². The summed E-state index contributed by atoms with van der Waals surface area (Å²) in [6.07, 6.45) is -0.233. The number of aliphatic hydroxyl groups is 1. The zero-order valence-electron chi connectivity index (χ0n) is 23.5. The van der Waals surface area contributed by atoms with Crippen molar-refractivity contribution in [2.75, 3.05) is 13.7 Å². The van der Waals surface area contributed by atoms with E-state index < -0.39 is 13.9 Å². The van der Waals surface area contributed by atoms with E-state index in [9.17, 15) is 5.11 Å². The average Bonchev–Trinajstić information content (AvgIpc) is 3.32. The molecule has 0 amide bonds. The third-order valence-electron chi connectivity index (χ3n) is 7.49. The molecule has 0 radical (unpaired) electrons. The lowest BCUT2D eigenvalue weighted by molar-refractivity contribution is -0.100. The molecule has 1 heterocycles. The lowest BCUT2D eigenvalue weighted by Crippen LogP contribution is -2.67. The molecule has 1 aliphatic rings. The summed E-state index contributed by atoms with van der Waals surface area (Å²) in [5, 5.41) is 13.1. The summed E-state index contributed by atoms with van der Waals surface area (Å²) in [5.41, 5.74) is 0.0811. The van der Waals surface area contributed by atoms with E-state index in [-0.39, 0.29) is 23.4 Å². The molecular weight excluding hydrogens is 492 g/mol. The molecule has 0 bridgehead atoms. The Balaban J connectivity index is 1.61. The molecule has 1 N–H and O–H groups in total. The number of hydrogen-bond acceptors (Lipinski definition) is 5. The minimum atomic E-state index is -2.72. The van der Waals surface area contributed by atoms with Gasteiger partial charge in [0.15, 0.2) is 0 Å². The summed E-state index contributed by atoms with van der Waals surface area (Å²) in [6, 6.07) is 29.1. The van der Waals surface area contributed by atoms with Gasteiger partial charge in [0.05, 0.1) is 38.1 Å². The highest BCUT2D eigenvalue weighted by atomic mass is 28.4. The van der Waals surface area contributed by atoms with Gasteiger partial charge in [-0.25, -0.2) is 0 Å². The van der Waals surface area contributed by atoms with Crippen LogP contribution in [0.15, 0.2) is 84.9 Å². The molecule has 0 aromatic heterocycles. The summed E-state index contributed by atoms with van der Waals surface area (Å²) in [5.74, 6) is 0.816. The highest BCUT2D eigenvalue weighted by Crippen LogP contribution is 2.38. The van der Waals surface area contributed by atoms with Crippen molar-refractivity contribution in [3.63, 3.8) is 0 Å². The monoisotopic (exact) mass is 534 g/mol. The van der Waals surface area contributed by atoms with E-state index in [4.69, 9.17) is 18.6 Å². The van der Waals surface area contributed by atoms with Gasteiger partial charge in [-0.15, -0.1) is 0 Å². The Labute approximate surface area is 228 Å². The Morgan fingerprint density at radius 1 is 0.842 bits per heavy atom. The van der Waals surface area contributed by atoms with Crippen LogP contribution in [-0.4, -0.2) is 51.1 Å². The van der Waals surface area contributed by atoms with Gasteiger partial charge in [-0.2, -0.15) is 0 Å². The molecule has 38 heavy (non-hydrogen) atoms. The summed E-state index contributed by atoms with van der Waals surface area (Å²) < 4.78 is 25.3. The van der Waals surface area contributed by atoms with Crippen LogP contribution in [0.4, 0.5) is 0 Å². The van der Waals surface area contributed by atoms with Gasteiger partial charge < -0.3 is 23.7 Å². The van der Waals surface area contributed by atoms with Crippen LogP contribution in [0.25, 0.3) is 0 Å². The van der Waals surface area contributed by atoms with Gasteiger partial charge in [-0.3, -0.25) is 0 Å². The van der Waals surface area contributed by atoms with E-state index in [2.05, 4.69) is 69.3 Å². The molecule has 3 atom stereocenters. The van der Waals surface area contributed by atoms with E-state index in [1.807, 2.05) is 36.4 Å². The van der Waals surface area contributed by atoms with E-state index in [1.165, 1.54) is 10.4 Å². The predicted molar refractivity (Wildman–Crippen MR) is 155 cm³/mol. The molecule has 3 aromatic rings. The molecule has 0 saturated carbocycles. The zero-order valence-corrected chi connectivity index (χ0v) is 24.5. The van der Waals surface area contributed by atoms with Gasteiger partial charge in [0.1, 0.15) is 11.9 Å². The second-order valence-corrected chi connectivity index (χ2v) is 16.0. The third kappa shape index (κ3) is 6.21. The highest BCUT2D eigenvalue weighted by molar-refractivity contribution is 6.99. The van der Waals surface area contributed by atoms with Crippen LogP contribution in [-0.2, 0) is 20.5 Å². The average molecular weight is 535 g/mol. The topological polar surface area (TPSA) is 57.2 Å². The van der Waals surface area contributed by atoms with Crippen LogP contribution in [0.2, 0.25) is 5.04 Å². The standard InChI is InChI=1S/C32H42O5Si/c1-31(2,3)38(26-13-9-7-10-14-26,27-15-11-8-12-16-27)36-23-29-28(21-30(37-29)32(4,5)33)35-22-24-17-19-25(34-6)20-18-24/h7-20,28-30,33H,21-23H2,1-6H3/t28-,29+,30-/m0/s1. The van der Waals surface area contributed by atoms with Crippen molar-refractivity contribution < 1.29 is 23.7 Å². The first kappa shape index (κ1) is 28.5. The minimum Gasteiger partial charge on any atom is -0.497 e. The summed E-state index contributed by atoms with van der Waals surface area (Å²) in [7, 11) is -1.06. The van der Waals surface area contributed by atoms with Crippen molar-refractivity contribution >= 4 is 18.7 Å².